The second-order valence-electron chi connectivity index (χ2n) is 8.71. The van der Waals surface area contributed by atoms with Gasteiger partial charge in [-0.3, -0.25) is 9.59 Å². The minimum Gasteiger partial charge on any atom is -0.362 e. The molecule has 2 aromatic heterocycles. The van der Waals surface area contributed by atoms with E-state index in [1.807, 2.05) is 31.4 Å². The summed E-state index contributed by atoms with van der Waals surface area (Å²) in [7, 11) is 0. The van der Waals surface area contributed by atoms with Crippen LogP contribution in [0.5, 0.6) is 0 Å². The normalized spacial score (nSPS) is 20.7. The number of thiophene rings is 1. The summed E-state index contributed by atoms with van der Waals surface area (Å²) in [6, 6.07) is 5.62. The lowest BCUT2D eigenvalue weighted by Gasteiger charge is -2.39. The second-order valence-corrected chi connectivity index (χ2v) is 10.6. The molecule has 0 saturated carbocycles. The van der Waals surface area contributed by atoms with Gasteiger partial charge >= 0.3 is 0 Å². The number of halogens is 1. The quantitative estimate of drug-likeness (QED) is 0.605. The molecule has 7 heteroatoms. The van der Waals surface area contributed by atoms with Gasteiger partial charge in [0, 0.05) is 44.5 Å². The molecule has 0 aromatic carbocycles. The fraction of sp³-hybridized carbons (Fsp3) is 0.348. The number of allylic oxidation sites excluding steroid dienone is 3. The summed E-state index contributed by atoms with van der Waals surface area (Å²) in [5.41, 5.74) is 4.04. The fourth-order valence-electron chi connectivity index (χ4n) is 4.31. The van der Waals surface area contributed by atoms with E-state index >= 15 is 0 Å². The molecule has 1 amide bonds. The Kier molecular flexibility index (Phi) is 5.45. The molecule has 0 fully saturated rings. The van der Waals surface area contributed by atoms with E-state index in [0.29, 0.717) is 17.8 Å². The molecule has 2 N–H and O–H groups in total. The third-order valence-electron chi connectivity index (χ3n) is 5.62. The van der Waals surface area contributed by atoms with E-state index in [4.69, 9.17) is 0 Å². The van der Waals surface area contributed by atoms with Crippen LogP contribution < -0.4 is 10.6 Å². The van der Waals surface area contributed by atoms with Crippen molar-refractivity contribution in [1.82, 2.24) is 10.3 Å². The zero-order valence-electron chi connectivity index (χ0n) is 17.4. The number of anilines is 1. The molecule has 0 unspecified atom stereocenters. The molecule has 30 heavy (non-hydrogen) atoms. The number of ketones is 1. The van der Waals surface area contributed by atoms with E-state index in [0.717, 1.165) is 38.3 Å². The Balaban J connectivity index is 1.79. The maximum Gasteiger partial charge on any atom is 0.255 e. The van der Waals surface area contributed by atoms with Crippen molar-refractivity contribution < 1.29 is 9.59 Å². The highest BCUT2D eigenvalue weighted by Gasteiger charge is 2.43. The van der Waals surface area contributed by atoms with Crippen molar-refractivity contribution in [2.75, 3.05) is 5.32 Å². The number of dihydropyridines is 1. The summed E-state index contributed by atoms with van der Waals surface area (Å²) in [5.74, 6) is -0.00995. The van der Waals surface area contributed by atoms with Gasteiger partial charge in [-0.2, -0.15) is 0 Å². The first-order valence-corrected chi connectivity index (χ1v) is 11.5. The number of nitrogens with zero attached hydrogens (tertiary/aromatic N) is 1. The molecule has 2 aromatic rings. The number of carbonyl (C=O) groups excluding carboxylic acids is 2. The molecule has 1 aliphatic carbocycles. The van der Waals surface area contributed by atoms with Crippen LogP contribution in [0.15, 0.2) is 56.8 Å². The average Bonchev–Trinajstić information content (AvgIpc) is 3.07. The Bertz CT molecular complexity index is 1100. The number of amides is 1. The Morgan fingerprint density at radius 3 is 2.67 bits per heavy atom. The predicted octanol–water partition coefficient (Wildman–Crippen LogP) is 5.46. The molecular weight excluding hydrogens is 462 g/mol. The molecule has 3 heterocycles. The summed E-state index contributed by atoms with van der Waals surface area (Å²) in [5, 5.41) is 8.32. The minimum atomic E-state index is -0.361. The Hall–Kier alpha value is -2.25. The zero-order chi connectivity index (χ0) is 21.6. The third kappa shape index (κ3) is 3.88. The molecule has 0 radical (unpaired) electrons. The van der Waals surface area contributed by atoms with Gasteiger partial charge in [0.2, 0.25) is 0 Å². The number of aromatic nitrogens is 1. The highest BCUT2D eigenvalue weighted by molar-refractivity contribution is 9.10. The first-order valence-electron chi connectivity index (χ1n) is 9.87. The van der Waals surface area contributed by atoms with E-state index in [2.05, 4.69) is 45.4 Å². The Morgan fingerprint density at radius 1 is 1.27 bits per heavy atom. The lowest BCUT2D eigenvalue weighted by atomic mass is 9.69. The molecule has 5 nitrogen and oxygen atoms in total. The monoisotopic (exact) mass is 485 g/mol. The lowest BCUT2D eigenvalue weighted by molar-refractivity contribution is -0.118. The maximum absolute atomic E-state index is 13.4. The number of carbonyl (C=O) groups is 2. The van der Waals surface area contributed by atoms with Crippen molar-refractivity contribution in [2.45, 2.75) is 46.5 Å². The van der Waals surface area contributed by atoms with Crippen LogP contribution in [0.1, 0.15) is 50.0 Å². The molecule has 4 rings (SSSR count). The number of aryl methyl sites for hydroxylation is 1. The summed E-state index contributed by atoms with van der Waals surface area (Å²) in [6.07, 6.45) is 2.91. The van der Waals surface area contributed by atoms with Crippen LogP contribution >= 0.6 is 27.3 Å². The summed E-state index contributed by atoms with van der Waals surface area (Å²) in [4.78, 5) is 32.0. The number of nitrogens with one attached hydrogen (secondary N) is 2. The smallest absolute Gasteiger partial charge is 0.255 e. The van der Waals surface area contributed by atoms with Gasteiger partial charge < -0.3 is 10.6 Å². The van der Waals surface area contributed by atoms with Crippen LogP contribution in [-0.2, 0) is 9.59 Å². The average molecular weight is 486 g/mol. The van der Waals surface area contributed by atoms with Crippen LogP contribution in [0.4, 0.5) is 5.82 Å². The highest BCUT2D eigenvalue weighted by atomic mass is 79.9. The Morgan fingerprint density at radius 2 is 2.03 bits per heavy atom. The van der Waals surface area contributed by atoms with Crippen LogP contribution in [0.25, 0.3) is 0 Å². The predicted molar refractivity (Wildman–Crippen MR) is 123 cm³/mol. The molecule has 1 atom stereocenters. The van der Waals surface area contributed by atoms with Crippen LogP contribution in [-0.4, -0.2) is 16.7 Å². The molecule has 156 valence electrons. The van der Waals surface area contributed by atoms with E-state index in [1.54, 1.807) is 23.6 Å². The van der Waals surface area contributed by atoms with Gasteiger partial charge in [-0.1, -0.05) is 13.8 Å². The maximum atomic E-state index is 13.4. The minimum absolute atomic E-state index is 0.0979. The number of pyridine rings is 1. The van der Waals surface area contributed by atoms with Gasteiger partial charge in [0.15, 0.2) is 5.78 Å². The number of Topliss-reactive ketones (excluding diaryl/α,β-unsaturated/α-hetero) is 1. The van der Waals surface area contributed by atoms with Crippen molar-refractivity contribution >= 4 is 44.8 Å². The Labute approximate surface area is 188 Å². The standard InChI is InChI=1S/C23H24BrN3O2S/c1-12-7-8-30-21(12)20-18(22(29)27-17-6-5-14(24)11-25-17)13(2)26-15-9-23(3,4)10-16(28)19(15)20/h5-8,11,20,26H,9-10H2,1-4H3,(H,25,27,29)/t20-/m0/s1. The first kappa shape index (κ1) is 21.0. The van der Waals surface area contributed by atoms with Crippen molar-refractivity contribution in [1.29, 1.82) is 0 Å². The van der Waals surface area contributed by atoms with Crippen molar-refractivity contribution in [3.63, 3.8) is 0 Å². The van der Waals surface area contributed by atoms with Gasteiger partial charge in [0.25, 0.3) is 5.91 Å². The van der Waals surface area contributed by atoms with Crippen molar-refractivity contribution in [3.05, 3.63) is 67.2 Å². The molecule has 2 aliphatic rings. The molecule has 0 bridgehead atoms. The van der Waals surface area contributed by atoms with Gasteiger partial charge in [-0.15, -0.1) is 11.3 Å². The van der Waals surface area contributed by atoms with E-state index in [9.17, 15) is 9.59 Å². The second kappa shape index (κ2) is 7.78. The van der Waals surface area contributed by atoms with E-state index in [-0.39, 0.29) is 23.0 Å². The largest absolute Gasteiger partial charge is 0.362 e. The zero-order valence-corrected chi connectivity index (χ0v) is 19.8. The lowest BCUT2D eigenvalue weighted by Crippen LogP contribution is -2.39. The summed E-state index contributed by atoms with van der Waals surface area (Å²) >= 11 is 4.95. The summed E-state index contributed by atoms with van der Waals surface area (Å²) < 4.78 is 0.840. The SMILES string of the molecule is CC1=C(C(=O)Nc2ccc(Br)cn2)[C@H](c2sccc2C)C2=C(CC(C)(C)CC2=O)N1. The topological polar surface area (TPSA) is 71.1 Å². The van der Waals surface area contributed by atoms with Gasteiger partial charge in [0.1, 0.15) is 5.82 Å². The van der Waals surface area contributed by atoms with Crippen LogP contribution in [0.3, 0.4) is 0 Å². The molecular formula is C23H24BrN3O2S. The van der Waals surface area contributed by atoms with E-state index in [1.165, 1.54) is 0 Å². The molecule has 0 spiro atoms. The van der Waals surface area contributed by atoms with Gasteiger partial charge in [-0.25, -0.2) is 4.98 Å². The molecule has 0 saturated heterocycles. The first-order chi connectivity index (χ1) is 14.2. The summed E-state index contributed by atoms with van der Waals surface area (Å²) in [6.45, 7) is 8.17. The molecule has 1 aliphatic heterocycles. The number of rotatable bonds is 3. The van der Waals surface area contributed by atoms with E-state index < -0.39 is 0 Å². The highest BCUT2D eigenvalue weighted by Crippen LogP contribution is 2.48. The van der Waals surface area contributed by atoms with Crippen molar-refractivity contribution in [3.8, 4) is 0 Å². The number of hydrogen-bond acceptors (Lipinski definition) is 5. The third-order valence-corrected chi connectivity index (χ3v) is 7.17. The van der Waals surface area contributed by atoms with Crippen LogP contribution in [0.2, 0.25) is 0 Å². The van der Waals surface area contributed by atoms with Crippen molar-refractivity contribution in [2.24, 2.45) is 5.41 Å². The van der Waals surface area contributed by atoms with Crippen LogP contribution in [0, 0.1) is 12.3 Å². The number of hydrogen-bond donors (Lipinski definition) is 2. The fourth-order valence-corrected chi connectivity index (χ4v) is 5.59. The van der Waals surface area contributed by atoms with Gasteiger partial charge in [-0.05, 0) is 70.8 Å². The van der Waals surface area contributed by atoms with Gasteiger partial charge in [0.05, 0.1) is 5.92 Å².